The van der Waals surface area contributed by atoms with Crippen molar-refractivity contribution >= 4 is 5.78 Å². The van der Waals surface area contributed by atoms with Crippen LogP contribution in [0.25, 0.3) is 0 Å². The monoisotopic (exact) mass is 184 g/mol. The van der Waals surface area contributed by atoms with Crippen LogP contribution in [0.3, 0.4) is 0 Å². The minimum absolute atomic E-state index is 0.200. The van der Waals surface area contributed by atoms with Crippen molar-refractivity contribution in [3.8, 4) is 0 Å². The normalized spacial score (nSPS) is 26.0. The van der Waals surface area contributed by atoms with E-state index in [9.17, 15) is 4.79 Å². The lowest BCUT2D eigenvalue weighted by atomic mass is 10.1. The lowest BCUT2D eigenvalue weighted by Crippen LogP contribution is -2.03. The number of unbranched alkanes of at least 4 members (excludes halogenated alkanes) is 3. The molecule has 0 saturated heterocycles. The van der Waals surface area contributed by atoms with Crippen molar-refractivity contribution < 1.29 is 9.90 Å². The first-order valence-corrected chi connectivity index (χ1v) is 5.43. The molecule has 0 aliphatic heterocycles. The molecule has 0 amide bonds. The molecule has 0 aromatic heterocycles. The molecule has 0 radical (unpaired) electrons. The quantitative estimate of drug-likeness (QED) is 0.616. The van der Waals surface area contributed by atoms with Gasteiger partial charge in [-0.25, -0.2) is 0 Å². The Balaban J connectivity index is 1.99. The van der Waals surface area contributed by atoms with Crippen LogP contribution in [0.5, 0.6) is 0 Å². The van der Waals surface area contributed by atoms with Crippen molar-refractivity contribution in [3.05, 3.63) is 0 Å². The number of carbonyl (C=O) groups excluding carboxylic acids is 1. The van der Waals surface area contributed by atoms with Crippen molar-refractivity contribution in [2.45, 2.75) is 45.4 Å². The van der Waals surface area contributed by atoms with E-state index in [0.717, 1.165) is 19.3 Å². The lowest BCUT2D eigenvalue weighted by Gasteiger charge is -1.98. The van der Waals surface area contributed by atoms with Crippen LogP contribution in [0.1, 0.15) is 45.4 Å². The van der Waals surface area contributed by atoms with E-state index in [1.807, 2.05) is 0 Å². The molecule has 76 valence electrons. The van der Waals surface area contributed by atoms with E-state index < -0.39 is 0 Å². The second kappa shape index (κ2) is 5.38. The van der Waals surface area contributed by atoms with Gasteiger partial charge in [-0.15, -0.1) is 0 Å². The lowest BCUT2D eigenvalue weighted by molar-refractivity contribution is -0.120. The van der Waals surface area contributed by atoms with Crippen LogP contribution in [0.2, 0.25) is 0 Å². The molecule has 1 aliphatic rings. The van der Waals surface area contributed by atoms with Crippen LogP contribution in [0.4, 0.5) is 0 Å². The zero-order chi connectivity index (χ0) is 9.68. The molecule has 0 heterocycles. The molecule has 1 rings (SSSR count). The van der Waals surface area contributed by atoms with E-state index in [0.29, 0.717) is 11.7 Å². The van der Waals surface area contributed by atoms with Gasteiger partial charge in [0.1, 0.15) is 5.78 Å². The molecule has 13 heavy (non-hydrogen) atoms. The molecule has 0 aromatic rings. The molecule has 1 N–H and O–H groups in total. The van der Waals surface area contributed by atoms with Crippen molar-refractivity contribution in [3.63, 3.8) is 0 Å². The summed E-state index contributed by atoms with van der Waals surface area (Å²) in [4.78, 5) is 11.4. The van der Waals surface area contributed by atoms with Gasteiger partial charge >= 0.3 is 0 Å². The Labute approximate surface area is 80.3 Å². The van der Waals surface area contributed by atoms with E-state index in [1.165, 1.54) is 19.3 Å². The third-order valence-corrected chi connectivity index (χ3v) is 2.85. The molecule has 2 atom stereocenters. The molecule has 1 fully saturated rings. The molecular weight excluding hydrogens is 164 g/mol. The highest BCUT2D eigenvalue weighted by atomic mass is 16.3. The van der Waals surface area contributed by atoms with Gasteiger partial charge in [0.2, 0.25) is 0 Å². The van der Waals surface area contributed by atoms with Gasteiger partial charge in [-0.2, -0.15) is 0 Å². The zero-order valence-electron chi connectivity index (χ0n) is 8.46. The topological polar surface area (TPSA) is 37.3 Å². The Morgan fingerprint density at radius 1 is 1.38 bits per heavy atom. The van der Waals surface area contributed by atoms with Gasteiger partial charge in [0.05, 0.1) is 0 Å². The summed E-state index contributed by atoms with van der Waals surface area (Å²) in [6.07, 6.45) is 6.35. The fourth-order valence-electron chi connectivity index (χ4n) is 1.76. The van der Waals surface area contributed by atoms with E-state index in [4.69, 9.17) is 5.11 Å². The van der Waals surface area contributed by atoms with Gasteiger partial charge in [0.25, 0.3) is 0 Å². The number of ketones is 1. The highest BCUT2D eigenvalue weighted by molar-refractivity contribution is 5.83. The maximum atomic E-state index is 11.4. The first-order valence-electron chi connectivity index (χ1n) is 5.43. The zero-order valence-corrected chi connectivity index (χ0v) is 8.46. The number of hydrogen-bond acceptors (Lipinski definition) is 2. The third kappa shape index (κ3) is 3.47. The minimum Gasteiger partial charge on any atom is -0.396 e. The predicted octanol–water partition coefficient (Wildman–Crippen LogP) is 2.15. The molecule has 1 saturated carbocycles. The highest BCUT2D eigenvalue weighted by Gasteiger charge is 2.41. The minimum atomic E-state index is 0.200. The van der Waals surface area contributed by atoms with Gasteiger partial charge < -0.3 is 5.11 Å². The van der Waals surface area contributed by atoms with Crippen LogP contribution >= 0.6 is 0 Å². The van der Waals surface area contributed by atoms with Crippen molar-refractivity contribution in [1.82, 2.24) is 0 Å². The smallest absolute Gasteiger partial charge is 0.136 e. The van der Waals surface area contributed by atoms with Gasteiger partial charge in [-0.05, 0) is 18.8 Å². The number of aliphatic hydroxyl groups is 1. The Morgan fingerprint density at radius 2 is 2.15 bits per heavy atom. The number of Topliss-reactive ketones (excluding diaryl/α,β-unsaturated/α-hetero) is 1. The van der Waals surface area contributed by atoms with Crippen LogP contribution in [0, 0.1) is 11.8 Å². The van der Waals surface area contributed by atoms with Crippen LogP contribution in [0.15, 0.2) is 0 Å². The fourth-order valence-corrected chi connectivity index (χ4v) is 1.76. The summed E-state index contributed by atoms with van der Waals surface area (Å²) in [5.74, 6) is 0.903. The Morgan fingerprint density at radius 3 is 2.69 bits per heavy atom. The molecule has 2 nitrogen and oxygen atoms in total. The van der Waals surface area contributed by atoms with Crippen LogP contribution in [-0.4, -0.2) is 17.5 Å². The summed E-state index contributed by atoms with van der Waals surface area (Å²) >= 11 is 0. The number of carbonyl (C=O) groups is 1. The van der Waals surface area contributed by atoms with Crippen molar-refractivity contribution in [2.24, 2.45) is 11.8 Å². The second-order valence-corrected chi connectivity index (χ2v) is 4.06. The Kier molecular flexibility index (Phi) is 4.43. The first-order chi connectivity index (χ1) is 6.29. The highest BCUT2D eigenvalue weighted by Crippen LogP contribution is 2.39. The van der Waals surface area contributed by atoms with Gasteiger partial charge in [-0.3, -0.25) is 4.79 Å². The maximum absolute atomic E-state index is 11.4. The van der Waals surface area contributed by atoms with E-state index in [1.54, 1.807) is 0 Å². The Bertz CT molecular complexity index is 165. The van der Waals surface area contributed by atoms with Gasteiger partial charge in [-0.1, -0.05) is 26.2 Å². The van der Waals surface area contributed by atoms with E-state index >= 15 is 0 Å². The standard InChI is InChI=1S/C11H20O2/c1-2-3-4-5-6-11(13)10-7-9(10)8-12/h9-10,12H,2-8H2,1H3. The molecule has 0 aromatic carbocycles. The Hall–Kier alpha value is -0.370. The van der Waals surface area contributed by atoms with Crippen LogP contribution < -0.4 is 0 Å². The van der Waals surface area contributed by atoms with E-state index in [2.05, 4.69) is 6.92 Å². The number of aliphatic hydroxyl groups excluding tert-OH is 1. The third-order valence-electron chi connectivity index (χ3n) is 2.85. The summed E-state index contributed by atoms with van der Waals surface area (Å²) in [6, 6.07) is 0. The molecule has 0 bridgehead atoms. The van der Waals surface area contributed by atoms with Crippen LogP contribution in [-0.2, 0) is 4.79 Å². The number of hydrogen-bond donors (Lipinski definition) is 1. The van der Waals surface area contributed by atoms with Crippen molar-refractivity contribution in [1.29, 1.82) is 0 Å². The average molecular weight is 184 g/mol. The van der Waals surface area contributed by atoms with Crippen molar-refractivity contribution in [2.75, 3.05) is 6.61 Å². The molecule has 2 heteroatoms. The molecule has 0 spiro atoms. The molecular formula is C11H20O2. The largest absolute Gasteiger partial charge is 0.396 e. The fraction of sp³-hybridized carbons (Fsp3) is 0.909. The summed E-state index contributed by atoms with van der Waals surface area (Å²) in [5, 5.41) is 8.78. The summed E-state index contributed by atoms with van der Waals surface area (Å²) in [5.41, 5.74) is 0. The summed E-state index contributed by atoms with van der Waals surface area (Å²) in [7, 11) is 0. The molecule has 2 unspecified atom stereocenters. The summed E-state index contributed by atoms with van der Waals surface area (Å²) in [6.45, 7) is 2.37. The maximum Gasteiger partial charge on any atom is 0.136 e. The molecule has 1 aliphatic carbocycles. The predicted molar refractivity (Wildman–Crippen MR) is 52.4 cm³/mol. The summed E-state index contributed by atoms with van der Waals surface area (Å²) < 4.78 is 0. The first kappa shape index (κ1) is 10.7. The van der Waals surface area contributed by atoms with Gasteiger partial charge in [0, 0.05) is 18.9 Å². The second-order valence-electron chi connectivity index (χ2n) is 4.06. The van der Waals surface area contributed by atoms with Gasteiger partial charge in [0.15, 0.2) is 0 Å². The number of rotatable bonds is 7. The average Bonchev–Trinajstić information content (AvgIpc) is 2.91. The van der Waals surface area contributed by atoms with E-state index in [-0.39, 0.29) is 12.5 Å². The SMILES string of the molecule is CCCCCCC(=O)C1CC1CO.